The van der Waals surface area contributed by atoms with Gasteiger partial charge < -0.3 is 9.64 Å². The van der Waals surface area contributed by atoms with Crippen LogP contribution in [0.15, 0.2) is 10.9 Å². The lowest BCUT2D eigenvalue weighted by molar-refractivity contribution is 0.122. The molecule has 16 heavy (non-hydrogen) atoms. The zero-order valence-corrected chi connectivity index (χ0v) is 9.53. The number of H-pyrrole nitrogens is 1. The Morgan fingerprint density at radius 3 is 2.94 bits per heavy atom. The minimum absolute atomic E-state index is 0.0695. The minimum Gasteiger partial charge on any atom is -0.378 e. The lowest BCUT2D eigenvalue weighted by atomic mass is 10.2. The first-order valence-electron chi connectivity index (χ1n) is 5.72. The lowest BCUT2D eigenvalue weighted by Crippen LogP contribution is -2.38. The molecule has 1 aliphatic rings. The number of anilines is 1. The van der Waals surface area contributed by atoms with Gasteiger partial charge in [-0.1, -0.05) is 13.3 Å². The monoisotopic (exact) mass is 223 g/mol. The maximum Gasteiger partial charge on any atom is 0.252 e. The van der Waals surface area contributed by atoms with Crippen LogP contribution in [0.1, 0.15) is 19.0 Å². The van der Waals surface area contributed by atoms with Crippen molar-refractivity contribution in [2.45, 2.75) is 19.8 Å². The lowest BCUT2D eigenvalue weighted by Gasteiger charge is -2.27. The van der Waals surface area contributed by atoms with Gasteiger partial charge in [-0.3, -0.25) is 9.78 Å². The number of nitrogens with zero attached hydrogens (tertiary/aromatic N) is 2. The Morgan fingerprint density at radius 2 is 2.25 bits per heavy atom. The van der Waals surface area contributed by atoms with E-state index < -0.39 is 0 Å². The van der Waals surface area contributed by atoms with E-state index in [2.05, 4.69) is 21.8 Å². The molecule has 1 aromatic rings. The van der Waals surface area contributed by atoms with Crippen molar-refractivity contribution >= 4 is 5.95 Å². The van der Waals surface area contributed by atoms with Crippen LogP contribution in [-0.2, 0) is 11.2 Å². The van der Waals surface area contributed by atoms with Crippen molar-refractivity contribution < 1.29 is 4.74 Å². The highest BCUT2D eigenvalue weighted by atomic mass is 16.5. The Hall–Kier alpha value is -1.36. The molecule has 0 spiro atoms. The van der Waals surface area contributed by atoms with Gasteiger partial charge in [0.25, 0.3) is 5.56 Å². The number of nitrogens with one attached hydrogen (secondary N) is 1. The van der Waals surface area contributed by atoms with Gasteiger partial charge in [-0.2, -0.15) is 0 Å². The van der Waals surface area contributed by atoms with Gasteiger partial charge in [0.2, 0.25) is 5.95 Å². The van der Waals surface area contributed by atoms with E-state index in [1.807, 2.05) is 0 Å². The Morgan fingerprint density at radius 1 is 1.50 bits per heavy atom. The summed E-state index contributed by atoms with van der Waals surface area (Å²) in [6.45, 7) is 5.05. The number of aryl methyl sites for hydroxylation is 1. The molecule has 0 atom stereocenters. The fraction of sp³-hybridized carbons (Fsp3) is 0.636. The molecule has 0 unspecified atom stereocenters. The van der Waals surface area contributed by atoms with E-state index in [0.29, 0.717) is 19.2 Å². The largest absolute Gasteiger partial charge is 0.378 e. The highest BCUT2D eigenvalue weighted by molar-refractivity contribution is 5.30. The molecule has 2 rings (SSSR count). The molecule has 1 aromatic heterocycles. The predicted octanol–water partition coefficient (Wildman–Crippen LogP) is 0.559. The average molecular weight is 223 g/mol. The van der Waals surface area contributed by atoms with Crippen LogP contribution >= 0.6 is 0 Å². The van der Waals surface area contributed by atoms with Gasteiger partial charge in [0.15, 0.2) is 0 Å². The molecule has 0 bridgehead atoms. The van der Waals surface area contributed by atoms with E-state index >= 15 is 0 Å². The SMILES string of the molecule is CCCc1cc(=O)[nH]c(N2CCOCC2)n1. The van der Waals surface area contributed by atoms with E-state index in [1.165, 1.54) is 0 Å². The van der Waals surface area contributed by atoms with Crippen molar-refractivity contribution in [3.8, 4) is 0 Å². The predicted molar refractivity (Wildman–Crippen MR) is 61.9 cm³/mol. The number of aromatic amines is 1. The van der Waals surface area contributed by atoms with E-state index in [4.69, 9.17) is 4.74 Å². The number of morpholine rings is 1. The summed E-state index contributed by atoms with van der Waals surface area (Å²) in [7, 11) is 0. The summed E-state index contributed by atoms with van der Waals surface area (Å²) in [5, 5.41) is 0. The highest BCUT2D eigenvalue weighted by Gasteiger charge is 2.13. The molecule has 1 aliphatic heterocycles. The van der Waals surface area contributed by atoms with E-state index in [9.17, 15) is 4.79 Å². The zero-order valence-electron chi connectivity index (χ0n) is 9.53. The third kappa shape index (κ3) is 2.61. The molecule has 1 saturated heterocycles. The Kier molecular flexibility index (Phi) is 3.56. The normalized spacial score (nSPS) is 16.4. The van der Waals surface area contributed by atoms with Crippen LogP contribution in [0.25, 0.3) is 0 Å². The topological polar surface area (TPSA) is 58.2 Å². The third-order valence-corrected chi connectivity index (χ3v) is 2.60. The van der Waals surface area contributed by atoms with Crippen molar-refractivity contribution in [1.29, 1.82) is 0 Å². The number of hydrogen-bond acceptors (Lipinski definition) is 4. The van der Waals surface area contributed by atoms with E-state index in [-0.39, 0.29) is 5.56 Å². The molecule has 0 radical (unpaired) electrons. The van der Waals surface area contributed by atoms with Gasteiger partial charge in [0.05, 0.1) is 13.2 Å². The number of hydrogen-bond donors (Lipinski definition) is 1. The van der Waals surface area contributed by atoms with Gasteiger partial charge in [0, 0.05) is 24.8 Å². The zero-order chi connectivity index (χ0) is 11.4. The van der Waals surface area contributed by atoms with E-state index in [1.54, 1.807) is 6.07 Å². The van der Waals surface area contributed by atoms with Crippen LogP contribution in [0.5, 0.6) is 0 Å². The molecule has 2 heterocycles. The maximum absolute atomic E-state index is 11.5. The number of rotatable bonds is 3. The summed E-state index contributed by atoms with van der Waals surface area (Å²) < 4.78 is 5.27. The van der Waals surface area contributed by atoms with Crippen LogP contribution in [-0.4, -0.2) is 36.3 Å². The maximum atomic E-state index is 11.5. The minimum atomic E-state index is -0.0695. The van der Waals surface area contributed by atoms with Crippen LogP contribution in [0, 0.1) is 0 Å². The first kappa shape index (κ1) is 11.1. The molecular formula is C11H17N3O2. The fourth-order valence-corrected chi connectivity index (χ4v) is 1.80. The molecule has 0 saturated carbocycles. The second-order valence-corrected chi connectivity index (χ2v) is 3.91. The summed E-state index contributed by atoms with van der Waals surface area (Å²) in [6.07, 6.45) is 1.85. The van der Waals surface area contributed by atoms with Crippen molar-refractivity contribution in [2.75, 3.05) is 31.2 Å². The van der Waals surface area contributed by atoms with E-state index in [0.717, 1.165) is 31.6 Å². The number of aromatic nitrogens is 2. The quantitative estimate of drug-likeness (QED) is 0.813. The van der Waals surface area contributed by atoms with Crippen LogP contribution in [0.2, 0.25) is 0 Å². The second-order valence-electron chi connectivity index (χ2n) is 3.91. The summed E-state index contributed by atoms with van der Waals surface area (Å²) in [5.74, 6) is 0.680. The van der Waals surface area contributed by atoms with Crippen LogP contribution < -0.4 is 10.5 Å². The molecule has 5 nitrogen and oxygen atoms in total. The Bertz CT molecular complexity index is 396. The van der Waals surface area contributed by atoms with Gasteiger partial charge in [-0.05, 0) is 6.42 Å². The summed E-state index contributed by atoms with van der Waals surface area (Å²) in [4.78, 5) is 20.8. The van der Waals surface area contributed by atoms with Crippen molar-refractivity contribution in [2.24, 2.45) is 0 Å². The van der Waals surface area contributed by atoms with Crippen molar-refractivity contribution in [1.82, 2.24) is 9.97 Å². The first-order valence-corrected chi connectivity index (χ1v) is 5.72. The average Bonchev–Trinajstić information content (AvgIpc) is 2.30. The second kappa shape index (κ2) is 5.12. The van der Waals surface area contributed by atoms with Gasteiger partial charge in [-0.25, -0.2) is 4.98 Å². The van der Waals surface area contributed by atoms with Crippen LogP contribution in [0.4, 0.5) is 5.95 Å². The van der Waals surface area contributed by atoms with Crippen LogP contribution in [0.3, 0.4) is 0 Å². The first-order chi connectivity index (χ1) is 7.79. The van der Waals surface area contributed by atoms with Crippen molar-refractivity contribution in [3.63, 3.8) is 0 Å². The van der Waals surface area contributed by atoms with Gasteiger partial charge >= 0.3 is 0 Å². The van der Waals surface area contributed by atoms with Gasteiger partial charge in [-0.15, -0.1) is 0 Å². The van der Waals surface area contributed by atoms with Gasteiger partial charge in [0.1, 0.15) is 0 Å². The Labute approximate surface area is 94.5 Å². The molecular weight excluding hydrogens is 206 g/mol. The number of ether oxygens (including phenoxy) is 1. The summed E-state index contributed by atoms with van der Waals surface area (Å²) >= 11 is 0. The standard InChI is InChI=1S/C11H17N3O2/c1-2-3-9-8-10(15)13-11(12-9)14-4-6-16-7-5-14/h8H,2-7H2,1H3,(H,12,13,15). The summed E-state index contributed by atoms with van der Waals surface area (Å²) in [6, 6.07) is 1.58. The Balaban J connectivity index is 2.21. The highest BCUT2D eigenvalue weighted by Crippen LogP contribution is 2.08. The summed E-state index contributed by atoms with van der Waals surface area (Å²) in [5.41, 5.74) is 0.799. The molecule has 0 aliphatic carbocycles. The van der Waals surface area contributed by atoms with Crippen molar-refractivity contribution in [3.05, 3.63) is 22.1 Å². The molecule has 0 amide bonds. The fourth-order valence-electron chi connectivity index (χ4n) is 1.80. The molecule has 1 fully saturated rings. The molecule has 1 N–H and O–H groups in total. The molecule has 88 valence electrons. The third-order valence-electron chi connectivity index (χ3n) is 2.60. The molecule has 0 aromatic carbocycles. The smallest absolute Gasteiger partial charge is 0.252 e. The molecule has 5 heteroatoms.